The molecule has 1 aliphatic heterocycles. The molecule has 5 aliphatic carbocycles. The van der Waals surface area contributed by atoms with E-state index >= 15 is 0 Å². The van der Waals surface area contributed by atoms with Gasteiger partial charge in [0.2, 0.25) is 0 Å². The Hall–Kier alpha value is -0.900. The molecule has 12 atom stereocenters. The van der Waals surface area contributed by atoms with E-state index in [1.165, 1.54) is 12.8 Å². The van der Waals surface area contributed by atoms with Crippen molar-refractivity contribution < 1.29 is 19.4 Å². The van der Waals surface area contributed by atoms with Crippen molar-refractivity contribution in [2.75, 3.05) is 0 Å². The molecule has 1 saturated heterocycles. The second kappa shape index (κ2) is 6.36. The summed E-state index contributed by atoms with van der Waals surface area (Å²) in [5.41, 5.74) is 0.147. The highest BCUT2D eigenvalue weighted by molar-refractivity contribution is 5.87. The number of carbonyl (C=O) groups excluding carboxylic acids is 2. The molecule has 1 N–H and O–H groups in total. The maximum Gasteiger partial charge on any atom is 0.306 e. The molecule has 0 amide bonds. The highest BCUT2D eigenvalue weighted by Gasteiger charge is 2.71. The molecule has 0 aromatic heterocycles. The molecule has 0 bridgehead atoms. The minimum absolute atomic E-state index is 0.0244. The molecule has 6 fully saturated rings. The van der Waals surface area contributed by atoms with Crippen LogP contribution in [0.25, 0.3) is 0 Å². The van der Waals surface area contributed by atoms with Crippen LogP contribution in [0.5, 0.6) is 0 Å². The zero-order valence-electron chi connectivity index (χ0n) is 19.7. The minimum atomic E-state index is -0.786. The van der Waals surface area contributed by atoms with Gasteiger partial charge in [-0.25, -0.2) is 0 Å². The molecule has 172 valence electrons. The summed E-state index contributed by atoms with van der Waals surface area (Å²) >= 11 is 0. The Morgan fingerprint density at radius 1 is 0.903 bits per heavy atom. The molecule has 0 aromatic rings. The molecule has 0 spiro atoms. The van der Waals surface area contributed by atoms with Gasteiger partial charge in [-0.3, -0.25) is 9.59 Å². The lowest BCUT2D eigenvalue weighted by Gasteiger charge is -2.61. The van der Waals surface area contributed by atoms with E-state index in [9.17, 15) is 14.7 Å². The van der Waals surface area contributed by atoms with Gasteiger partial charge in [-0.1, -0.05) is 40.5 Å². The predicted molar refractivity (Wildman–Crippen MR) is 117 cm³/mol. The Balaban J connectivity index is 1.41. The number of fused-ring (bicyclic) bond motifs is 9. The second-order valence-electron chi connectivity index (χ2n) is 13.2. The second-order valence-corrected chi connectivity index (χ2v) is 13.2. The lowest BCUT2D eigenvalue weighted by Crippen LogP contribution is -2.62. The normalized spacial score (nSPS) is 60.4. The maximum absolute atomic E-state index is 13.5. The van der Waals surface area contributed by atoms with E-state index in [1.807, 2.05) is 0 Å². The Kier molecular flexibility index (Phi) is 4.25. The summed E-state index contributed by atoms with van der Waals surface area (Å²) in [5.74, 6) is 2.68. The summed E-state index contributed by atoms with van der Waals surface area (Å²) in [5, 5.41) is 11.5. The van der Waals surface area contributed by atoms with Gasteiger partial charge in [0.25, 0.3) is 0 Å². The number of hydrogen-bond donors (Lipinski definition) is 1. The van der Waals surface area contributed by atoms with Gasteiger partial charge in [-0.2, -0.15) is 0 Å². The number of aliphatic hydroxyl groups excluding tert-OH is 1. The first kappa shape index (κ1) is 20.7. The number of hydrogen-bond acceptors (Lipinski definition) is 4. The van der Waals surface area contributed by atoms with Crippen LogP contribution < -0.4 is 0 Å². The molecule has 1 heterocycles. The summed E-state index contributed by atoms with van der Waals surface area (Å²) in [4.78, 5) is 25.8. The number of rotatable bonds is 0. The van der Waals surface area contributed by atoms with Crippen LogP contribution in [0.3, 0.4) is 0 Å². The van der Waals surface area contributed by atoms with E-state index in [0.717, 1.165) is 38.5 Å². The van der Waals surface area contributed by atoms with Crippen molar-refractivity contribution in [2.45, 2.75) is 97.7 Å². The lowest BCUT2D eigenvalue weighted by molar-refractivity contribution is -0.180. The first-order chi connectivity index (χ1) is 14.6. The zero-order valence-corrected chi connectivity index (χ0v) is 19.7. The standard InChI is InChI=1S/C27H40O4/c1-14-11-19-27(4,13-20(28)31-19)18-12-17-21-15(8-10-26(17,3)22(14)18)25(2)9-6-5-7-16(25)23(29)24(21)30/h14-19,21-22,24,30H,5-13H2,1-4H3/t14?,15?,16?,17?,18?,19-,21?,22?,24?,25+,26-,27+/m0/s1. The van der Waals surface area contributed by atoms with Gasteiger partial charge < -0.3 is 9.84 Å². The first-order valence-electron chi connectivity index (χ1n) is 13.0. The molecule has 0 aromatic carbocycles. The minimum Gasteiger partial charge on any atom is -0.462 e. The summed E-state index contributed by atoms with van der Waals surface area (Å²) in [7, 11) is 0. The van der Waals surface area contributed by atoms with Crippen LogP contribution in [0.1, 0.15) is 85.5 Å². The van der Waals surface area contributed by atoms with E-state index < -0.39 is 6.10 Å². The third-order valence-electron chi connectivity index (χ3n) is 12.2. The molecule has 6 aliphatic rings. The van der Waals surface area contributed by atoms with Crippen LogP contribution in [0, 0.1) is 57.7 Å². The third-order valence-corrected chi connectivity index (χ3v) is 12.2. The molecule has 5 saturated carbocycles. The molecular weight excluding hydrogens is 388 g/mol. The van der Waals surface area contributed by atoms with Crippen molar-refractivity contribution in [3.8, 4) is 0 Å². The molecular formula is C27H40O4. The average Bonchev–Trinajstić information content (AvgIpc) is 3.19. The van der Waals surface area contributed by atoms with Crippen molar-refractivity contribution in [2.24, 2.45) is 57.7 Å². The first-order valence-corrected chi connectivity index (χ1v) is 13.0. The third kappa shape index (κ3) is 2.41. The van der Waals surface area contributed by atoms with Gasteiger partial charge in [0.1, 0.15) is 12.2 Å². The van der Waals surface area contributed by atoms with Crippen LogP contribution in [0.4, 0.5) is 0 Å². The zero-order chi connectivity index (χ0) is 21.9. The molecule has 8 unspecified atom stereocenters. The fraction of sp³-hybridized carbons (Fsp3) is 0.926. The number of Topliss-reactive ketones (excluding diaryl/α,β-unsaturated/α-hetero) is 1. The number of ether oxygens (including phenoxy) is 1. The fourth-order valence-electron chi connectivity index (χ4n) is 10.8. The van der Waals surface area contributed by atoms with Crippen molar-refractivity contribution in [3.05, 3.63) is 0 Å². The van der Waals surface area contributed by atoms with Gasteiger partial charge in [-0.15, -0.1) is 0 Å². The van der Waals surface area contributed by atoms with E-state index in [2.05, 4.69) is 27.7 Å². The van der Waals surface area contributed by atoms with Gasteiger partial charge >= 0.3 is 5.97 Å². The summed E-state index contributed by atoms with van der Waals surface area (Å²) in [6.45, 7) is 9.52. The molecule has 4 heteroatoms. The highest BCUT2D eigenvalue weighted by atomic mass is 16.6. The van der Waals surface area contributed by atoms with E-state index in [0.29, 0.717) is 36.0 Å². The Morgan fingerprint density at radius 2 is 1.68 bits per heavy atom. The summed E-state index contributed by atoms with van der Waals surface area (Å²) in [6.07, 6.45) is 8.68. The van der Waals surface area contributed by atoms with Gasteiger partial charge in [-0.05, 0) is 84.9 Å². The highest BCUT2D eigenvalue weighted by Crippen LogP contribution is 2.73. The lowest BCUT2D eigenvalue weighted by atomic mass is 9.43. The van der Waals surface area contributed by atoms with Gasteiger partial charge in [0, 0.05) is 11.3 Å². The number of ketones is 1. The van der Waals surface area contributed by atoms with Crippen LogP contribution in [-0.2, 0) is 14.3 Å². The van der Waals surface area contributed by atoms with Crippen molar-refractivity contribution in [1.82, 2.24) is 0 Å². The van der Waals surface area contributed by atoms with E-state index in [1.54, 1.807) is 0 Å². The van der Waals surface area contributed by atoms with Crippen molar-refractivity contribution in [3.63, 3.8) is 0 Å². The van der Waals surface area contributed by atoms with Crippen molar-refractivity contribution in [1.29, 1.82) is 0 Å². The molecule has 6 rings (SSSR count). The predicted octanol–water partition coefficient (Wildman–Crippen LogP) is 4.77. The largest absolute Gasteiger partial charge is 0.462 e. The van der Waals surface area contributed by atoms with Crippen LogP contribution >= 0.6 is 0 Å². The fourth-order valence-corrected chi connectivity index (χ4v) is 10.8. The topological polar surface area (TPSA) is 63.6 Å². The number of esters is 1. The summed E-state index contributed by atoms with van der Waals surface area (Å²) < 4.78 is 5.82. The van der Waals surface area contributed by atoms with E-state index in [4.69, 9.17) is 4.74 Å². The summed E-state index contributed by atoms with van der Waals surface area (Å²) in [6, 6.07) is 0. The quantitative estimate of drug-likeness (QED) is 0.564. The number of carbonyl (C=O) groups is 2. The van der Waals surface area contributed by atoms with Crippen LogP contribution in [-0.4, -0.2) is 29.1 Å². The number of aliphatic hydroxyl groups is 1. The molecule has 31 heavy (non-hydrogen) atoms. The van der Waals surface area contributed by atoms with Gasteiger partial charge in [0.05, 0.1) is 6.42 Å². The monoisotopic (exact) mass is 428 g/mol. The SMILES string of the molecule is CC1C[C@@H]2OC(=O)C[C@]2(C)C2CC3C4C(O)C(=O)C5CCCC[C@]5(C)C4CC[C@]3(C)C12. The Labute approximate surface area is 186 Å². The van der Waals surface area contributed by atoms with Gasteiger partial charge in [0.15, 0.2) is 5.78 Å². The Bertz CT molecular complexity index is 822. The Morgan fingerprint density at radius 3 is 2.45 bits per heavy atom. The van der Waals surface area contributed by atoms with Crippen LogP contribution in [0.15, 0.2) is 0 Å². The smallest absolute Gasteiger partial charge is 0.306 e. The average molecular weight is 429 g/mol. The van der Waals surface area contributed by atoms with Crippen LogP contribution in [0.2, 0.25) is 0 Å². The molecule has 4 nitrogen and oxygen atoms in total. The molecule has 0 radical (unpaired) electrons. The van der Waals surface area contributed by atoms with Crippen molar-refractivity contribution >= 4 is 11.8 Å². The maximum atomic E-state index is 13.5. The van der Waals surface area contributed by atoms with E-state index in [-0.39, 0.29) is 45.9 Å².